The zero-order valence-corrected chi connectivity index (χ0v) is 12.0. The number of carbonyl (C=O) groups excluding carboxylic acids is 3. The van der Waals surface area contributed by atoms with E-state index in [4.69, 9.17) is 0 Å². The van der Waals surface area contributed by atoms with Crippen LogP contribution in [0.15, 0.2) is 22.7 Å². The number of anilines is 1. The second-order valence-corrected chi connectivity index (χ2v) is 5.15. The molecule has 1 heterocycles. The lowest BCUT2D eigenvalue weighted by Gasteiger charge is -2.15. The third-order valence-corrected chi connectivity index (χ3v) is 3.30. The van der Waals surface area contributed by atoms with Gasteiger partial charge >= 0.3 is 0 Å². The number of hydrogen-bond acceptors (Lipinski definition) is 3. The fraction of sp³-hybridized carbons (Fsp3) is 0.308. The Labute approximate surface area is 119 Å². The third kappa shape index (κ3) is 2.68. The predicted octanol–water partition coefficient (Wildman–Crippen LogP) is 1.50. The summed E-state index contributed by atoms with van der Waals surface area (Å²) in [6.07, 6.45) is 0.822. The first-order chi connectivity index (χ1) is 9.04. The summed E-state index contributed by atoms with van der Waals surface area (Å²) in [5, 5.41) is 2.68. The number of fused-ring (bicyclic) bond motifs is 1. The van der Waals surface area contributed by atoms with Crippen molar-refractivity contribution in [2.45, 2.75) is 13.3 Å². The highest BCUT2D eigenvalue weighted by atomic mass is 79.9. The van der Waals surface area contributed by atoms with Crippen LogP contribution in [-0.4, -0.2) is 30.7 Å². The van der Waals surface area contributed by atoms with Gasteiger partial charge in [-0.2, -0.15) is 0 Å². The molecule has 2 amide bonds. The summed E-state index contributed by atoms with van der Waals surface area (Å²) in [6.45, 7) is 2.37. The normalized spacial score (nSPS) is 13.7. The van der Waals surface area contributed by atoms with Gasteiger partial charge in [0.2, 0.25) is 5.91 Å². The minimum atomic E-state index is -0.653. The summed E-state index contributed by atoms with van der Waals surface area (Å²) >= 11 is 3.26. The van der Waals surface area contributed by atoms with Crippen LogP contribution in [0.25, 0.3) is 0 Å². The van der Waals surface area contributed by atoms with Crippen LogP contribution in [0, 0.1) is 0 Å². The summed E-state index contributed by atoms with van der Waals surface area (Å²) in [4.78, 5) is 36.6. The highest BCUT2D eigenvalue weighted by Crippen LogP contribution is 2.30. The smallest absolute Gasteiger partial charge is 0.299 e. The lowest BCUT2D eigenvalue weighted by atomic mass is 10.1. The lowest BCUT2D eigenvalue weighted by Crippen LogP contribution is -2.40. The van der Waals surface area contributed by atoms with E-state index in [1.165, 1.54) is 4.90 Å². The van der Waals surface area contributed by atoms with Crippen molar-refractivity contribution in [1.29, 1.82) is 0 Å². The molecule has 1 aliphatic rings. The van der Waals surface area contributed by atoms with Gasteiger partial charge < -0.3 is 5.32 Å². The number of carbonyl (C=O) groups is 3. The summed E-state index contributed by atoms with van der Waals surface area (Å²) in [5.74, 6) is -1.49. The molecule has 6 heteroatoms. The van der Waals surface area contributed by atoms with Crippen LogP contribution in [-0.2, 0) is 9.59 Å². The molecule has 0 unspecified atom stereocenters. The number of nitrogens with zero attached hydrogens (tertiary/aromatic N) is 1. The zero-order valence-electron chi connectivity index (χ0n) is 10.4. The van der Waals surface area contributed by atoms with E-state index < -0.39 is 11.7 Å². The molecular weight excluding hydrogens is 312 g/mol. The van der Waals surface area contributed by atoms with Gasteiger partial charge in [0.1, 0.15) is 6.54 Å². The van der Waals surface area contributed by atoms with Crippen molar-refractivity contribution in [3.63, 3.8) is 0 Å². The van der Waals surface area contributed by atoms with Crippen molar-refractivity contribution in [1.82, 2.24) is 5.32 Å². The highest BCUT2D eigenvalue weighted by molar-refractivity contribution is 9.10. The SMILES string of the molecule is CCCNC(=O)CN1C(=O)C(=O)c2cc(Br)ccc21. The molecule has 1 aromatic rings. The first-order valence-electron chi connectivity index (χ1n) is 5.97. The van der Waals surface area contributed by atoms with Gasteiger partial charge in [0.15, 0.2) is 0 Å². The van der Waals surface area contributed by atoms with Crippen LogP contribution in [0.5, 0.6) is 0 Å². The van der Waals surface area contributed by atoms with Gasteiger partial charge in [0, 0.05) is 11.0 Å². The number of ketones is 1. The zero-order chi connectivity index (χ0) is 14.0. The molecule has 1 N–H and O–H groups in total. The van der Waals surface area contributed by atoms with Gasteiger partial charge in [0.05, 0.1) is 11.3 Å². The molecule has 0 aromatic heterocycles. The van der Waals surface area contributed by atoms with E-state index in [0.717, 1.165) is 10.9 Å². The number of amides is 2. The van der Waals surface area contributed by atoms with Crippen LogP contribution in [0.2, 0.25) is 0 Å². The molecule has 1 aliphatic heterocycles. The quantitative estimate of drug-likeness (QED) is 0.853. The van der Waals surface area contributed by atoms with E-state index in [9.17, 15) is 14.4 Å². The van der Waals surface area contributed by atoms with Gasteiger partial charge in [0.25, 0.3) is 11.7 Å². The summed E-state index contributed by atoms with van der Waals surface area (Å²) in [7, 11) is 0. The van der Waals surface area contributed by atoms with E-state index in [2.05, 4.69) is 21.2 Å². The maximum atomic E-state index is 11.9. The van der Waals surface area contributed by atoms with Gasteiger partial charge in [-0.3, -0.25) is 19.3 Å². The van der Waals surface area contributed by atoms with Gasteiger partial charge in [-0.1, -0.05) is 22.9 Å². The van der Waals surface area contributed by atoms with Crippen molar-refractivity contribution < 1.29 is 14.4 Å². The molecule has 0 saturated carbocycles. The summed E-state index contributed by atoms with van der Waals surface area (Å²) in [6, 6.07) is 5.00. The Morgan fingerprint density at radius 3 is 2.79 bits per heavy atom. The Hall–Kier alpha value is -1.69. The number of Topliss-reactive ketones (excluding diaryl/α,β-unsaturated/α-hetero) is 1. The van der Waals surface area contributed by atoms with Crippen molar-refractivity contribution in [3.8, 4) is 0 Å². The Balaban J connectivity index is 2.21. The van der Waals surface area contributed by atoms with Crippen molar-refractivity contribution in [2.24, 2.45) is 0 Å². The molecule has 0 saturated heterocycles. The molecule has 19 heavy (non-hydrogen) atoms. The minimum Gasteiger partial charge on any atom is -0.355 e. The summed E-state index contributed by atoms with van der Waals surface area (Å²) in [5.41, 5.74) is 0.826. The summed E-state index contributed by atoms with van der Waals surface area (Å²) < 4.78 is 0.727. The van der Waals surface area contributed by atoms with Crippen molar-refractivity contribution in [2.75, 3.05) is 18.0 Å². The molecule has 0 atom stereocenters. The number of halogens is 1. The van der Waals surface area contributed by atoms with Crippen LogP contribution in [0.3, 0.4) is 0 Å². The van der Waals surface area contributed by atoms with Crippen molar-refractivity contribution >= 4 is 39.2 Å². The van der Waals surface area contributed by atoms with Crippen LogP contribution in [0.4, 0.5) is 5.69 Å². The lowest BCUT2D eigenvalue weighted by molar-refractivity contribution is -0.122. The first kappa shape index (κ1) is 13.7. The van der Waals surface area contributed by atoms with Crippen LogP contribution in [0.1, 0.15) is 23.7 Å². The second-order valence-electron chi connectivity index (χ2n) is 4.23. The average Bonchev–Trinajstić information content (AvgIpc) is 2.61. The van der Waals surface area contributed by atoms with E-state index >= 15 is 0 Å². The molecule has 0 aliphatic carbocycles. The number of rotatable bonds is 4. The number of benzene rings is 1. The minimum absolute atomic E-state index is 0.126. The Morgan fingerprint density at radius 1 is 1.37 bits per heavy atom. The molecule has 0 radical (unpaired) electrons. The maximum absolute atomic E-state index is 11.9. The molecule has 1 aromatic carbocycles. The van der Waals surface area contributed by atoms with Crippen LogP contribution >= 0.6 is 15.9 Å². The third-order valence-electron chi connectivity index (χ3n) is 2.81. The monoisotopic (exact) mass is 324 g/mol. The van der Waals surface area contributed by atoms with Crippen LogP contribution < -0.4 is 10.2 Å². The molecular formula is C13H13BrN2O3. The largest absolute Gasteiger partial charge is 0.355 e. The van der Waals surface area contributed by atoms with E-state index in [0.29, 0.717) is 17.8 Å². The van der Waals surface area contributed by atoms with Crippen molar-refractivity contribution in [3.05, 3.63) is 28.2 Å². The topological polar surface area (TPSA) is 66.5 Å². The Kier molecular flexibility index (Phi) is 3.99. The molecule has 0 spiro atoms. The Bertz CT molecular complexity index is 557. The van der Waals surface area contributed by atoms with Gasteiger partial charge in [-0.15, -0.1) is 0 Å². The maximum Gasteiger partial charge on any atom is 0.299 e. The molecule has 5 nitrogen and oxygen atoms in total. The first-order valence-corrected chi connectivity index (χ1v) is 6.76. The van der Waals surface area contributed by atoms with Gasteiger partial charge in [-0.25, -0.2) is 0 Å². The Morgan fingerprint density at radius 2 is 2.11 bits per heavy atom. The average molecular weight is 325 g/mol. The molecule has 2 rings (SSSR count). The molecule has 100 valence electrons. The fourth-order valence-corrected chi connectivity index (χ4v) is 2.25. The second kappa shape index (κ2) is 5.52. The predicted molar refractivity (Wildman–Crippen MR) is 74.1 cm³/mol. The van der Waals surface area contributed by atoms with E-state index in [-0.39, 0.29) is 12.5 Å². The highest BCUT2D eigenvalue weighted by Gasteiger charge is 2.36. The van der Waals surface area contributed by atoms with Gasteiger partial charge in [-0.05, 0) is 24.6 Å². The molecule has 0 bridgehead atoms. The fourth-order valence-electron chi connectivity index (χ4n) is 1.89. The number of nitrogens with one attached hydrogen (secondary N) is 1. The number of hydrogen-bond donors (Lipinski definition) is 1. The molecule has 0 fully saturated rings. The standard InChI is InChI=1S/C13H13BrN2O3/c1-2-5-15-11(17)7-16-10-4-3-8(14)6-9(10)12(18)13(16)19/h3-4,6H,2,5,7H2,1H3,(H,15,17). The van der Waals surface area contributed by atoms with E-state index in [1.54, 1.807) is 18.2 Å². The van der Waals surface area contributed by atoms with E-state index in [1.807, 2.05) is 6.92 Å².